The number of ether oxygens (including phenoxy) is 2. The summed E-state index contributed by atoms with van der Waals surface area (Å²) in [5, 5.41) is 0. The van der Waals surface area contributed by atoms with Crippen LogP contribution >= 0.6 is 11.6 Å². The van der Waals surface area contributed by atoms with E-state index in [1.807, 2.05) is 0 Å². The van der Waals surface area contributed by atoms with Crippen LogP contribution in [-0.2, 0) is 25.4 Å². The van der Waals surface area contributed by atoms with Gasteiger partial charge in [0.2, 0.25) is 10.0 Å². The first kappa shape index (κ1) is 15.8. The van der Waals surface area contributed by atoms with Crippen molar-refractivity contribution in [1.29, 1.82) is 0 Å². The molecule has 1 aliphatic rings. The lowest BCUT2D eigenvalue weighted by atomic mass is 10.3. The molecule has 0 saturated carbocycles. The molecule has 2 rings (SSSR count). The van der Waals surface area contributed by atoms with Gasteiger partial charge in [0.25, 0.3) is 0 Å². The Morgan fingerprint density at radius 1 is 1.35 bits per heavy atom. The largest absolute Gasteiger partial charge is 0.464 e. The molecule has 1 aromatic heterocycles. The maximum Gasteiger partial charge on any atom is 0.246 e. The third-order valence-corrected chi connectivity index (χ3v) is 5.66. The molecule has 0 N–H and O–H groups in total. The highest BCUT2D eigenvalue weighted by molar-refractivity contribution is 7.89. The molecule has 2 unspecified atom stereocenters. The van der Waals surface area contributed by atoms with Gasteiger partial charge in [-0.1, -0.05) is 0 Å². The summed E-state index contributed by atoms with van der Waals surface area (Å²) < 4.78 is 42.4. The van der Waals surface area contributed by atoms with Crippen molar-refractivity contribution in [3.63, 3.8) is 0 Å². The lowest BCUT2D eigenvalue weighted by Crippen LogP contribution is -2.30. The zero-order valence-electron chi connectivity index (χ0n) is 11.6. The van der Waals surface area contributed by atoms with Crippen molar-refractivity contribution in [2.75, 3.05) is 27.3 Å². The summed E-state index contributed by atoms with van der Waals surface area (Å²) in [5.74, 6) is 0.918. The standard InChI is InChI=1S/C12H18ClNO5S/c1-8-12(4-9(5-13)19-8)20(15,16)14-6-10(17-2)11(7-14)18-3/h4,10-11H,5-7H2,1-3H3. The monoisotopic (exact) mass is 323 g/mol. The molecule has 6 nitrogen and oxygen atoms in total. The molecule has 0 bridgehead atoms. The van der Waals surface area contributed by atoms with E-state index < -0.39 is 10.0 Å². The SMILES string of the molecule is COC1CN(S(=O)(=O)c2cc(CCl)oc2C)CC1OC. The molecule has 2 atom stereocenters. The van der Waals surface area contributed by atoms with E-state index in [9.17, 15) is 8.42 Å². The van der Waals surface area contributed by atoms with Crippen molar-refractivity contribution in [2.24, 2.45) is 0 Å². The van der Waals surface area contributed by atoms with Gasteiger partial charge in [-0.05, 0) is 6.92 Å². The lowest BCUT2D eigenvalue weighted by Gasteiger charge is -2.14. The molecule has 0 aromatic carbocycles. The number of sulfonamides is 1. The number of halogens is 1. The average molecular weight is 324 g/mol. The maximum atomic E-state index is 12.6. The van der Waals surface area contributed by atoms with Crippen LogP contribution in [0.15, 0.2) is 15.4 Å². The van der Waals surface area contributed by atoms with Gasteiger partial charge in [0.05, 0.1) is 18.1 Å². The fourth-order valence-corrected chi connectivity index (χ4v) is 4.13. The van der Waals surface area contributed by atoms with Crippen LogP contribution in [0.2, 0.25) is 0 Å². The molecule has 20 heavy (non-hydrogen) atoms. The van der Waals surface area contributed by atoms with E-state index in [-0.39, 0.29) is 36.1 Å². The summed E-state index contributed by atoms with van der Waals surface area (Å²) in [6.45, 7) is 2.14. The van der Waals surface area contributed by atoms with Gasteiger partial charge < -0.3 is 13.9 Å². The molecule has 2 heterocycles. The van der Waals surface area contributed by atoms with Gasteiger partial charge >= 0.3 is 0 Å². The molecule has 0 spiro atoms. The Hall–Kier alpha value is -0.600. The summed E-state index contributed by atoms with van der Waals surface area (Å²) in [6, 6.07) is 1.47. The van der Waals surface area contributed by atoms with Crippen LogP contribution in [-0.4, -0.2) is 52.2 Å². The van der Waals surface area contributed by atoms with Crippen molar-refractivity contribution in [3.8, 4) is 0 Å². The highest BCUT2D eigenvalue weighted by Gasteiger charge is 2.41. The van der Waals surface area contributed by atoms with E-state index in [0.29, 0.717) is 11.5 Å². The average Bonchev–Trinajstić information content (AvgIpc) is 3.01. The minimum absolute atomic E-state index is 0.137. The van der Waals surface area contributed by atoms with Crippen LogP contribution in [0.3, 0.4) is 0 Å². The number of alkyl halides is 1. The second kappa shape index (κ2) is 6.03. The maximum absolute atomic E-state index is 12.6. The second-order valence-corrected chi connectivity index (χ2v) is 6.81. The lowest BCUT2D eigenvalue weighted by molar-refractivity contribution is -0.00461. The van der Waals surface area contributed by atoms with Gasteiger partial charge in [-0.15, -0.1) is 11.6 Å². The van der Waals surface area contributed by atoms with Crippen LogP contribution < -0.4 is 0 Å². The van der Waals surface area contributed by atoms with E-state index >= 15 is 0 Å². The molecule has 114 valence electrons. The van der Waals surface area contributed by atoms with Crippen LogP contribution in [0.25, 0.3) is 0 Å². The quantitative estimate of drug-likeness (QED) is 0.765. The first-order valence-corrected chi connectivity index (χ1v) is 8.12. The van der Waals surface area contributed by atoms with Crippen LogP contribution in [0.4, 0.5) is 0 Å². The van der Waals surface area contributed by atoms with Gasteiger partial charge in [-0.2, -0.15) is 4.31 Å². The van der Waals surface area contributed by atoms with Crippen molar-refractivity contribution < 1.29 is 22.3 Å². The summed E-state index contributed by atoms with van der Waals surface area (Å²) in [6.07, 6.45) is -0.538. The first-order chi connectivity index (χ1) is 9.43. The molecule has 1 aromatic rings. The van der Waals surface area contributed by atoms with E-state index in [2.05, 4.69) is 0 Å². The van der Waals surface area contributed by atoms with Crippen molar-refractivity contribution >= 4 is 21.6 Å². The zero-order chi connectivity index (χ0) is 14.9. The fourth-order valence-electron chi connectivity index (χ4n) is 2.35. The molecular formula is C12H18ClNO5S. The highest BCUT2D eigenvalue weighted by Crippen LogP contribution is 2.28. The van der Waals surface area contributed by atoms with Crippen molar-refractivity contribution in [2.45, 2.75) is 29.9 Å². The minimum Gasteiger partial charge on any atom is -0.464 e. The van der Waals surface area contributed by atoms with Crippen LogP contribution in [0.1, 0.15) is 11.5 Å². The molecule has 1 fully saturated rings. The number of furan rings is 1. The molecule has 8 heteroatoms. The number of nitrogens with zero attached hydrogens (tertiary/aromatic N) is 1. The third-order valence-electron chi connectivity index (χ3n) is 3.46. The molecular weight excluding hydrogens is 306 g/mol. The van der Waals surface area contributed by atoms with Crippen molar-refractivity contribution in [1.82, 2.24) is 4.31 Å². The predicted octanol–water partition coefficient (Wildman–Crippen LogP) is 1.36. The minimum atomic E-state index is -3.62. The second-order valence-electron chi connectivity index (χ2n) is 4.64. The van der Waals surface area contributed by atoms with E-state index in [0.717, 1.165) is 0 Å². The number of aryl methyl sites for hydroxylation is 1. The van der Waals surface area contributed by atoms with Crippen LogP contribution in [0, 0.1) is 6.92 Å². The van der Waals surface area contributed by atoms with Gasteiger partial charge in [-0.3, -0.25) is 0 Å². The highest BCUT2D eigenvalue weighted by atomic mass is 35.5. The van der Waals surface area contributed by atoms with Gasteiger partial charge in [0.1, 0.15) is 16.4 Å². The Morgan fingerprint density at radius 3 is 2.30 bits per heavy atom. The summed E-state index contributed by atoms with van der Waals surface area (Å²) >= 11 is 5.67. The number of methoxy groups -OCH3 is 2. The fraction of sp³-hybridized carbons (Fsp3) is 0.667. The first-order valence-electron chi connectivity index (χ1n) is 6.15. The Kier molecular flexibility index (Phi) is 4.76. The number of rotatable bonds is 5. The zero-order valence-corrected chi connectivity index (χ0v) is 13.2. The molecule has 1 saturated heterocycles. The molecule has 0 radical (unpaired) electrons. The smallest absolute Gasteiger partial charge is 0.246 e. The van der Waals surface area contributed by atoms with E-state index in [1.54, 1.807) is 21.1 Å². The van der Waals surface area contributed by atoms with Gasteiger partial charge in [-0.25, -0.2) is 8.42 Å². The Labute approximate surface area is 123 Å². The molecule has 0 aliphatic carbocycles. The summed E-state index contributed by atoms with van der Waals surface area (Å²) in [7, 11) is -0.537. The topological polar surface area (TPSA) is 69.0 Å². The molecule has 1 aliphatic heterocycles. The van der Waals surface area contributed by atoms with Gasteiger partial charge in [0.15, 0.2) is 0 Å². The Morgan fingerprint density at radius 2 is 1.90 bits per heavy atom. The molecule has 0 amide bonds. The van der Waals surface area contributed by atoms with Crippen LogP contribution in [0.5, 0.6) is 0 Å². The van der Waals surface area contributed by atoms with Crippen molar-refractivity contribution in [3.05, 3.63) is 17.6 Å². The summed E-state index contributed by atoms with van der Waals surface area (Å²) in [4.78, 5) is 0.153. The normalized spacial score (nSPS) is 24.4. The van der Waals surface area contributed by atoms with E-state index in [1.165, 1.54) is 10.4 Å². The summed E-state index contributed by atoms with van der Waals surface area (Å²) in [5.41, 5.74) is 0. The number of hydrogen-bond donors (Lipinski definition) is 0. The van der Waals surface area contributed by atoms with E-state index in [4.69, 9.17) is 25.5 Å². The third kappa shape index (κ3) is 2.73. The Bertz CT molecular complexity index is 558. The predicted molar refractivity (Wildman–Crippen MR) is 73.4 cm³/mol. The van der Waals surface area contributed by atoms with Gasteiger partial charge in [0, 0.05) is 33.4 Å². The number of hydrogen-bond acceptors (Lipinski definition) is 5. The Balaban J connectivity index is 2.29.